The van der Waals surface area contributed by atoms with Crippen LogP contribution in [0.4, 0.5) is 0 Å². The molecule has 1 fully saturated rings. The van der Waals surface area contributed by atoms with Crippen molar-refractivity contribution in [3.63, 3.8) is 0 Å². The number of amides is 1. The first kappa shape index (κ1) is 21.4. The highest BCUT2D eigenvalue weighted by molar-refractivity contribution is 6.32. The van der Waals surface area contributed by atoms with Gasteiger partial charge >= 0.3 is 5.97 Å². The van der Waals surface area contributed by atoms with Crippen LogP contribution in [-0.4, -0.2) is 58.0 Å². The number of aliphatic carboxylic acids is 1. The standard InChI is InChI=1S/C22H19Cl2N3O4/c23-15-7-5-14(6-8-15)21-16(13-19(28)29)20(22(30)26-9-11-31-12-10-26)25-27(21)18-4-2-1-3-17(18)24/h1-8H,9-13H2,(H,28,29). The van der Waals surface area contributed by atoms with Crippen molar-refractivity contribution in [2.75, 3.05) is 26.3 Å². The molecule has 160 valence electrons. The lowest BCUT2D eigenvalue weighted by Gasteiger charge is -2.26. The maximum Gasteiger partial charge on any atom is 0.307 e. The topological polar surface area (TPSA) is 84.7 Å². The van der Waals surface area contributed by atoms with Gasteiger partial charge in [0.15, 0.2) is 5.69 Å². The molecule has 0 unspecified atom stereocenters. The highest BCUT2D eigenvalue weighted by atomic mass is 35.5. The Morgan fingerprint density at radius 3 is 2.35 bits per heavy atom. The van der Waals surface area contributed by atoms with Crippen molar-refractivity contribution in [2.45, 2.75) is 6.42 Å². The van der Waals surface area contributed by atoms with E-state index in [1.54, 1.807) is 53.4 Å². The van der Waals surface area contributed by atoms with Gasteiger partial charge in [0.1, 0.15) is 0 Å². The van der Waals surface area contributed by atoms with Gasteiger partial charge in [0.05, 0.1) is 36.0 Å². The number of carbonyl (C=O) groups excluding carboxylic acids is 1. The largest absolute Gasteiger partial charge is 0.481 e. The summed E-state index contributed by atoms with van der Waals surface area (Å²) in [5.74, 6) is -1.40. The van der Waals surface area contributed by atoms with Crippen molar-refractivity contribution in [1.29, 1.82) is 0 Å². The predicted molar refractivity (Wildman–Crippen MR) is 117 cm³/mol. The van der Waals surface area contributed by atoms with Crippen molar-refractivity contribution >= 4 is 35.1 Å². The second-order valence-electron chi connectivity index (χ2n) is 7.02. The van der Waals surface area contributed by atoms with Crippen LogP contribution in [0.1, 0.15) is 16.1 Å². The molecule has 3 aromatic rings. The molecule has 2 heterocycles. The molecule has 0 saturated carbocycles. The van der Waals surface area contributed by atoms with Crippen molar-refractivity contribution in [1.82, 2.24) is 14.7 Å². The van der Waals surface area contributed by atoms with Gasteiger partial charge in [0, 0.05) is 29.2 Å². The number of carboxylic acid groups (broad SMARTS) is 1. The Bertz CT molecular complexity index is 1120. The van der Waals surface area contributed by atoms with Gasteiger partial charge in [0.2, 0.25) is 0 Å². The van der Waals surface area contributed by atoms with Crippen LogP contribution in [0, 0.1) is 0 Å². The van der Waals surface area contributed by atoms with Crippen LogP contribution in [0.3, 0.4) is 0 Å². The Labute approximate surface area is 188 Å². The van der Waals surface area contributed by atoms with Crippen LogP contribution in [0.15, 0.2) is 48.5 Å². The van der Waals surface area contributed by atoms with E-state index in [1.807, 2.05) is 0 Å². The molecule has 0 spiro atoms. The SMILES string of the molecule is O=C(O)Cc1c(C(=O)N2CCOCC2)nn(-c2ccccc2Cl)c1-c1ccc(Cl)cc1. The highest BCUT2D eigenvalue weighted by Gasteiger charge is 2.30. The zero-order valence-electron chi connectivity index (χ0n) is 16.4. The zero-order valence-corrected chi connectivity index (χ0v) is 17.9. The Hall–Kier alpha value is -2.87. The number of nitrogens with zero attached hydrogens (tertiary/aromatic N) is 3. The molecule has 0 radical (unpaired) electrons. The molecule has 1 aliphatic heterocycles. The second-order valence-corrected chi connectivity index (χ2v) is 7.86. The monoisotopic (exact) mass is 459 g/mol. The predicted octanol–water partition coefficient (Wildman–Crippen LogP) is 3.95. The zero-order chi connectivity index (χ0) is 22.0. The van der Waals surface area contributed by atoms with Crippen LogP contribution in [0.2, 0.25) is 10.0 Å². The molecule has 31 heavy (non-hydrogen) atoms. The quantitative estimate of drug-likeness (QED) is 0.624. The number of halogens is 2. The number of carboxylic acids is 1. The summed E-state index contributed by atoms with van der Waals surface area (Å²) < 4.78 is 6.87. The highest BCUT2D eigenvalue weighted by Crippen LogP contribution is 2.33. The van der Waals surface area contributed by atoms with Crippen molar-refractivity contribution < 1.29 is 19.4 Å². The Morgan fingerprint density at radius 1 is 1.03 bits per heavy atom. The molecular formula is C22H19Cl2N3O4. The summed E-state index contributed by atoms with van der Waals surface area (Å²) in [6, 6.07) is 14.0. The summed E-state index contributed by atoms with van der Waals surface area (Å²) in [6.07, 6.45) is -0.367. The van der Waals surface area contributed by atoms with Gasteiger partial charge in [-0.2, -0.15) is 5.10 Å². The van der Waals surface area contributed by atoms with E-state index in [9.17, 15) is 14.7 Å². The van der Waals surface area contributed by atoms with Gasteiger partial charge in [-0.15, -0.1) is 0 Å². The molecule has 1 amide bonds. The molecule has 7 nitrogen and oxygen atoms in total. The van der Waals surface area contributed by atoms with Gasteiger partial charge in [-0.05, 0) is 24.3 Å². The summed E-state index contributed by atoms with van der Waals surface area (Å²) >= 11 is 12.5. The number of aromatic nitrogens is 2. The molecule has 4 rings (SSSR count). The number of hydrogen-bond acceptors (Lipinski definition) is 4. The fourth-order valence-corrected chi connectivity index (χ4v) is 3.90. The van der Waals surface area contributed by atoms with Crippen molar-refractivity contribution in [2.24, 2.45) is 0 Å². The van der Waals surface area contributed by atoms with Gasteiger partial charge < -0.3 is 14.7 Å². The van der Waals surface area contributed by atoms with Gasteiger partial charge in [-0.3, -0.25) is 9.59 Å². The average Bonchev–Trinajstić information content (AvgIpc) is 3.13. The minimum absolute atomic E-state index is 0.0918. The molecule has 9 heteroatoms. The third-order valence-electron chi connectivity index (χ3n) is 5.01. The van der Waals surface area contributed by atoms with Crippen LogP contribution in [0.5, 0.6) is 0 Å². The fraction of sp³-hybridized carbons (Fsp3) is 0.227. The lowest BCUT2D eigenvalue weighted by atomic mass is 10.0. The summed E-state index contributed by atoms with van der Waals surface area (Å²) in [7, 11) is 0. The fourth-order valence-electron chi connectivity index (χ4n) is 3.56. The maximum atomic E-state index is 13.3. The molecule has 0 atom stereocenters. The molecule has 1 N–H and O–H groups in total. The van der Waals surface area contributed by atoms with Crippen LogP contribution < -0.4 is 0 Å². The summed E-state index contributed by atoms with van der Waals surface area (Å²) in [6.45, 7) is 1.69. The minimum atomic E-state index is -1.06. The summed E-state index contributed by atoms with van der Waals surface area (Å²) in [5.41, 5.74) is 2.13. The molecular weight excluding hydrogens is 441 g/mol. The van der Waals surface area contributed by atoms with E-state index in [-0.39, 0.29) is 18.0 Å². The average molecular weight is 460 g/mol. The first-order valence-corrected chi connectivity index (χ1v) is 10.4. The molecule has 2 aromatic carbocycles. The number of carbonyl (C=O) groups is 2. The summed E-state index contributed by atoms with van der Waals surface area (Å²) in [5, 5.41) is 15.1. The lowest BCUT2D eigenvalue weighted by Crippen LogP contribution is -2.41. The first-order valence-electron chi connectivity index (χ1n) is 9.67. The molecule has 1 aromatic heterocycles. The number of hydrogen-bond donors (Lipinski definition) is 1. The van der Waals surface area contributed by atoms with E-state index in [0.717, 1.165) is 0 Å². The number of rotatable bonds is 5. The maximum absolute atomic E-state index is 13.3. The molecule has 0 bridgehead atoms. The van der Waals surface area contributed by atoms with E-state index in [4.69, 9.17) is 27.9 Å². The summed E-state index contributed by atoms with van der Waals surface area (Å²) in [4.78, 5) is 26.7. The number of benzene rings is 2. The Kier molecular flexibility index (Phi) is 6.27. The third-order valence-corrected chi connectivity index (χ3v) is 5.58. The molecule has 1 saturated heterocycles. The number of ether oxygens (including phenoxy) is 1. The Morgan fingerprint density at radius 2 is 1.71 bits per heavy atom. The van der Waals surface area contributed by atoms with Crippen LogP contribution in [0.25, 0.3) is 16.9 Å². The van der Waals surface area contributed by atoms with E-state index in [1.165, 1.54) is 4.68 Å². The van der Waals surface area contributed by atoms with Crippen molar-refractivity contribution in [3.05, 3.63) is 69.8 Å². The van der Waals surface area contributed by atoms with Gasteiger partial charge in [-0.1, -0.05) is 47.5 Å². The Balaban J connectivity index is 1.95. The van der Waals surface area contributed by atoms with E-state index < -0.39 is 5.97 Å². The van der Waals surface area contributed by atoms with E-state index in [2.05, 4.69) is 5.10 Å². The number of morpholine rings is 1. The van der Waals surface area contributed by atoms with Gasteiger partial charge in [0.25, 0.3) is 5.91 Å². The third kappa shape index (κ3) is 4.44. The minimum Gasteiger partial charge on any atom is -0.481 e. The second kappa shape index (κ2) is 9.09. The smallest absolute Gasteiger partial charge is 0.307 e. The number of para-hydroxylation sites is 1. The van der Waals surface area contributed by atoms with Gasteiger partial charge in [-0.25, -0.2) is 4.68 Å². The van der Waals surface area contributed by atoms with Crippen molar-refractivity contribution in [3.8, 4) is 16.9 Å². The van der Waals surface area contributed by atoms with Crippen LogP contribution in [-0.2, 0) is 16.0 Å². The van der Waals surface area contributed by atoms with E-state index >= 15 is 0 Å². The molecule has 1 aliphatic rings. The lowest BCUT2D eigenvalue weighted by molar-refractivity contribution is -0.136. The van der Waals surface area contributed by atoms with Crippen LogP contribution >= 0.6 is 23.2 Å². The molecule has 0 aliphatic carbocycles. The van der Waals surface area contributed by atoms with E-state index in [0.29, 0.717) is 58.9 Å². The first-order chi connectivity index (χ1) is 15.0. The normalized spacial score (nSPS) is 13.9.